The monoisotopic (exact) mass is 2040 g/mol. The van der Waals surface area contributed by atoms with Crippen molar-refractivity contribution in [2.75, 3.05) is 98.2 Å². The van der Waals surface area contributed by atoms with Crippen LogP contribution in [-0.2, 0) is 0 Å². The second-order valence-electron chi connectivity index (χ2n) is 39.9. The lowest BCUT2D eigenvalue weighted by molar-refractivity contribution is -0.905. The van der Waals surface area contributed by atoms with Crippen LogP contribution in [0, 0.1) is 71.1 Å². The molecule has 730 valence electrons. The van der Waals surface area contributed by atoms with E-state index in [-0.39, 0.29) is 85.4 Å². The van der Waals surface area contributed by atoms with E-state index in [0.717, 1.165) is 134 Å². The number of likely N-dealkylation sites (N-methyl/N-ethyl adjacent to an activating group) is 5. The van der Waals surface area contributed by atoms with Crippen molar-refractivity contribution in [2.24, 2.45) is 29.6 Å². The number of carboxylic acids is 3. The van der Waals surface area contributed by atoms with Gasteiger partial charge in [0.2, 0.25) is 0 Å². The quantitative estimate of drug-likeness (QED) is 0.0678. The predicted molar refractivity (Wildman–Crippen MR) is 568 cm³/mol. The molecule has 5 heterocycles. The summed E-state index contributed by atoms with van der Waals surface area (Å²) in [6.45, 7) is 42.8. The molecule has 0 aromatic heterocycles. The Morgan fingerprint density at radius 2 is 0.659 bits per heavy atom. The molecule has 0 amide bonds. The molecule has 5 aliphatic carbocycles. The van der Waals surface area contributed by atoms with Gasteiger partial charge in [0.15, 0.2) is 11.6 Å². The molecular formula is C118H136BrCl6N5O8. The molecule has 1 unspecified atom stereocenters. The number of rotatable bonds is 16. The van der Waals surface area contributed by atoms with Gasteiger partial charge in [0.1, 0.15) is 0 Å². The molecule has 5 saturated heterocycles. The molecular weight excluding hydrogens is 1910 g/mol. The number of nitrogens with zero attached hydrogens (tertiary/aromatic N) is 4. The highest BCUT2D eigenvalue weighted by atomic mass is 79.9. The Morgan fingerprint density at radius 1 is 0.348 bits per heavy atom. The zero-order valence-electron chi connectivity index (χ0n) is 81.6. The number of aryl methyl sites for hydroxylation is 6. The number of hydrogen-bond acceptors (Lipinski definition) is 9. The van der Waals surface area contributed by atoms with E-state index in [1.165, 1.54) is 134 Å². The van der Waals surface area contributed by atoms with E-state index in [4.69, 9.17) is 11.6 Å². The summed E-state index contributed by atoms with van der Waals surface area (Å²) in [4.78, 5) is 71.2. The van der Waals surface area contributed by atoms with E-state index >= 15 is 0 Å². The maximum atomic E-state index is 13.3. The summed E-state index contributed by atoms with van der Waals surface area (Å²) in [5.74, 6) is 5.34. The van der Waals surface area contributed by atoms with Crippen LogP contribution in [0.1, 0.15) is 307 Å². The molecule has 16 atom stereocenters. The summed E-state index contributed by atoms with van der Waals surface area (Å²) in [6, 6.07) is 77.5. The number of halogens is 7. The van der Waals surface area contributed by atoms with Crippen LogP contribution in [0.4, 0.5) is 0 Å². The lowest BCUT2D eigenvalue weighted by atomic mass is 9.78. The number of carboxylic acid groups (broad SMARTS) is 3. The summed E-state index contributed by atoms with van der Waals surface area (Å²) >= 11 is 10.0. The topological polar surface area (TPSA) is 163 Å². The van der Waals surface area contributed by atoms with Crippen molar-refractivity contribution in [3.05, 3.63) is 384 Å². The maximum Gasteiger partial charge on any atom is 0.335 e. The minimum Gasteiger partial charge on any atom is -1.00 e. The Balaban J connectivity index is 0.000000154. The van der Waals surface area contributed by atoms with Crippen LogP contribution < -0.4 is 17.3 Å². The summed E-state index contributed by atoms with van der Waals surface area (Å²) in [5.41, 5.74) is 31.6. The number of hydrogen-bond donors (Lipinski definition) is 4. The molecule has 10 aliphatic rings. The number of carbonyl (C=O) groups is 5. The first-order valence-electron chi connectivity index (χ1n) is 49.2. The van der Waals surface area contributed by atoms with Crippen LogP contribution in [-0.4, -0.2) is 163 Å². The van der Waals surface area contributed by atoms with Gasteiger partial charge in [-0.15, -0.1) is 49.6 Å². The van der Waals surface area contributed by atoms with Gasteiger partial charge in [-0.1, -0.05) is 230 Å². The highest BCUT2D eigenvalue weighted by Crippen LogP contribution is 2.59. The number of likely N-dealkylation sites (tertiary alicyclic amines) is 5. The Morgan fingerprint density at radius 3 is 1.02 bits per heavy atom. The second-order valence-corrected chi connectivity index (χ2v) is 41.2. The molecule has 13 nitrogen and oxygen atoms in total. The van der Waals surface area contributed by atoms with E-state index in [1.54, 1.807) is 70.5 Å². The van der Waals surface area contributed by atoms with E-state index in [1.807, 2.05) is 80.6 Å². The predicted octanol–water partition coefficient (Wildman–Crippen LogP) is 22.4. The number of nitrogens with one attached hydrogen (secondary N) is 1. The van der Waals surface area contributed by atoms with Crippen LogP contribution >= 0.6 is 77.2 Å². The summed E-state index contributed by atoms with van der Waals surface area (Å²) < 4.78 is 1.17. The minimum absolute atomic E-state index is 0. The van der Waals surface area contributed by atoms with Gasteiger partial charge in [-0.25, -0.2) is 14.4 Å². The van der Waals surface area contributed by atoms with Crippen molar-refractivity contribution in [1.29, 1.82) is 0 Å². The van der Waals surface area contributed by atoms with E-state index in [9.17, 15) is 39.3 Å². The summed E-state index contributed by atoms with van der Waals surface area (Å²) in [6.07, 6.45) is 6.05. The number of aromatic carboxylic acids is 3. The fourth-order valence-electron chi connectivity index (χ4n) is 25.6. The van der Waals surface area contributed by atoms with Crippen LogP contribution in [0.2, 0.25) is 5.02 Å². The molecule has 138 heavy (non-hydrogen) atoms. The van der Waals surface area contributed by atoms with E-state index < -0.39 is 17.9 Å². The fourth-order valence-corrected chi connectivity index (χ4v) is 26.0. The third-order valence-corrected chi connectivity index (χ3v) is 33.5. The molecule has 5 aliphatic heterocycles. The van der Waals surface area contributed by atoms with Gasteiger partial charge < -0.3 is 52.2 Å². The summed E-state index contributed by atoms with van der Waals surface area (Å²) in [7, 11) is 0. The van der Waals surface area contributed by atoms with Crippen molar-refractivity contribution < 1.29 is 56.6 Å². The average molecular weight is 2050 g/mol. The van der Waals surface area contributed by atoms with Crippen LogP contribution in [0.25, 0.3) is 0 Å². The van der Waals surface area contributed by atoms with Crippen molar-refractivity contribution in [1.82, 2.24) is 19.6 Å². The molecule has 0 bridgehead atoms. The first-order chi connectivity index (χ1) is 64.2. The van der Waals surface area contributed by atoms with E-state index in [2.05, 4.69) is 219 Å². The smallest absolute Gasteiger partial charge is 0.335 e. The lowest BCUT2D eigenvalue weighted by Gasteiger charge is -2.37. The van der Waals surface area contributed by atoms with E-state index in [0.29, 0.717) is 75.9 Å². The third kappa shape index (κ3) is 22.2. The molecule has 20 heteroatoms. The first kappa shape index (κ1) is 108. The van der Waals surface area contributed by atoms with Crippen molar-refractivity contribution >= 4 is 107 Å². The van der Waals surface area contributed by atoms with Gasteiger partial charge >= 0.3 is 17.9 Å². The fraction of sp³-hybridized carbons (Fsp3) is 0.398. The Labute approximate surface area is 862 Å². The third-order valence-electron chi connectivity index (χ3n) is 32.5. The van der Waals surface area contributed by atoms with Crippen LogP contribution in [0.3, 0.4) is 0 Å². The molecule has 4 N–H and O–H groups in total. The van der Waals surface area contributed by atoms with Crippen LogP contribution in [0.5, 0.6) is 0 Å². The van der Waals surface area contributed by atoms with Gasteiger partial charge in [-0.2, -0.15) is 0 Å². The zero-order valence-corrected chi connectivity index (χ0v) is 88.0. The number of quaternary nitrogens is 1. The summed E-state index contributed by atoms with van der Waals surface area (Å²) in [5, 5.41) is 28.6. The standard InChI is InChI=1S/C29H29NO3.C24H27NO3.C22H24ClNO2.C22H27N.C21H24BrN.5ClH/c1-3-30-14-13-22-26(17-30)24-16-23(28(31)20-7-5-4-6-8-20)18(2)15-25(24)27(22)19-9-11-21(12-10-19)29(32)33;1-4-25-10-9-18-22(13-25)20-12-19(15(3)26)14(2)11-21(20)23(18)16-5-7-17(8-6-16)24(27)28;1-3-24-9-8-16-19(12-24)17-11-20(23)13(2)10-18(17)21(16)14-4-6-15(7-5-14)22(25)26;1-4-23-12-11-19-21(14-23)18-10-7-16(3)13-20(18)22(19)17-8-5-15(2)6-9-17;1-3-23-11-10-18-20(13-23)17-9-4-14(2)12-19(17)21(18)15-5-7-16(22)8-6-15;;;;;/h4-12,15-16,22,26-27H,3,13-14,17H2,1-2H3,(H,32,33);5-8,11-12,18,22-23H,4,9-10,13H2,1-3H3,(H,27,28);4-7,10-11,16,19,21H,3,8-9,12H2,1-2H3,(H,25,26);5-10,13,19,21-22H,4,11-12,14H2,1-3H3;4-9,12,18,20-21H,3,10-11,13H2,1-2H3;5*1H/t22-,26+,27+;18-,22+,23+;16-,19+,21+;19-,21+,22+;18-,20-,21+;;;;;/m11101...../s1. The minimum atomic E-state index is -0.901. The number of benzene rings is 11. The zero-order chi connectivity index (χ0) is 93.5. The van der Waals surface area contributed by atoms with Crippen LogP contribution in [0.15, 0.2) is 229 Å². The number of piperidine rings is 5. The molecule has 0 radical (unpaired) electrons. The average Bonchev–Trinajstić information content (AvgIpc) is 1.65. The lowest BCUT2D eigenvalue weighted by Crippen LogP contribution is -3.13. The molecule has 5 fully saturated rings. The highest BCUT2D eigenvalue weighted by Gasteiger charge is 2.51. The first-order valence-corrected chi connectivity index (χ1v) is 50.3. The number of ketones is 2. The Hall–Kier alpha value is -8.81. The number of fused-ring (bicyclic) bond motifs is 15. The molecule has 21 rings (SSSR count). The molecule has 11 aromatic rings. The maximum absolute atomic E-state index is 13.3. The normalized spacial score (nSPS) is 24.1. The van der Waals surface area contributed by atoms with Gasteiger partial charge in [-0.3, -0.25) is 9.59 Å². The van der Waals surface area contributed by atoms with Crippen molar-refractivity contribution in [3.8, 4) is 0 Å². The molecule has 11 aromatic carbocycles. The molecule has 0 saturated carbocycles. The molecule has 0 spiro atoms. The van der Waals surface area contributed by atoms with Crippen molar-refractivity contribution in [2.45, 2.75) is 174 Å². The van der Waals surface area contributed by atoms with Gasteiger partial charge in [0.05, 0.1) is 36.3 Å². The van der Waals surface area contributed by atoms with Gasteiger partial charge in [-0.05, 0) is 330 Å². The number of Topliss-reactive ketones (excluding diaryl/α,β-unsaturated/α-hetero) is 1. The number of carbonyl (C=O) groups excluding carboxylic acids is 2. The SMILES string of the molecule is CCN1CC[C@H]2[C@H](c3ccc(Br)cc3)c3cc(C)ccc3[C@H]2C1.CCN1CC[C@H]2[C@H](c3ccc(C(=O)O)cc3)c3cc(C)c(C(=O)c4ccccc4)cc3[C@H]2C1.CCN1CC[C@H]2[C@H](c3ccc(C(=O)O)cc3)c3cc(C)c(C(C)=O)cc3[C@H]2C1.CCN1CC[C@H]2[C@H](c3ccc(C(=O)O)cc3)c3cc(C)c(Cl)cc3[C@H]2C1.CC[NH+]1CC[C@@H]2[C@@H](c3ccc(C)cc3)c3cc(C)ccc3[C@H]2C1.Cl.Cl.Cl.Cl.[Cl-]. The van der Waals surface area contributed by atoms with Crippen molar-refractivity contribution in [3.63, 3.8) is 0 Å². The Bertz CT molecular complexity index is 6000. The second kappa shape index (κ2) is 46.9. The van der Waals surface area contributed by atoms with Gasteiger partial charge in [0.25, 0.3) is 0 Å². The Kier molecular flexibility index (Phi) is 36.7. The largest absolute Gasteiger partial charge is 1.00 e. The van der Waals surface area contributed by atoms with Gasteiger partial charge in [0, 0.05) is 118 Å². The highest BCUT2D eigenvalue weighted by molar-refractivity contribution is 9.10.